The Hall–Kier alpha value is -2.95. The molecule has 0 aliphatic rings. The monoisotopic (exact) mass is 319 g/mol. The Kier molecular flexibility index (Phi) is 5.01. The van der Waals surface area contributed by atoms with Crippen molar-refractivity contribution in [2.24, 2.45) is 0 Å². The summed E-state index contributed by atoms with van der Waals surface area (Å²) in [4.78, 5) is 12.9. The maximum absolute atomic E-state index is 4.45. The van der Waals surface area contributed by atoms with Crippen LogP contribution in [0.2, 0.25) is 0 Å². The van der Waals surface area contributed by atoms with E-state index in [0.29, 0.717) is 6.54 Å². The van der Waals surface area contributed by atoms with E-state index in [4.69, 9.17) is 0 Å². The highest BCUT2D eigenvalue weighted by molar-refractivity contribution is 5.59. The number of benzene rings is 1. The second-order valence-electron chi connectivity index (χ2n) is 5.57. The molecule has 0 unspecified atom stereocenters. The molecule has 0 spiro atoms. The lowest BCUT2D eigenvalue weighted by Crippen LogP contribution is -2.05. The standard InChI is InChI=1S/C19H21N5/c1-3-15-4-6-17(7-5-15)24-19-12-18(22-14(2)23-19)21-13-16-8-10-20-11-9-16/h4-12H,3,13H2,1-2H3,(H2,21,22,23,24). The van der Waals surface area contributed by atoms with Crippen molar-refractivity contribution in [2.45, 2.75) is 26.8 Å². The van der Waals surface area contributed by atoms with Crippen LogP contribution in [-0.2, 0) is 13.0 Å². The Balaban J connectivity index is 1.70. The van der Waals surface area contributed by atoms with Gasteiger partial charge >= 0.3 is 0 Å². The molecule has 0 bridgehead atoms. The van der Waals surface area contributed by atoms with Gasteiger partial charge in [-0.05, 0) is 48.7 Å². The number of rotatable bonds is 6. The fourth-order valence-electron chi connectivity index (χ4n) is 2.39. The zero-order chi connectivity index (χ0) is 16.8. The summed E-state index contributed by atoms with van der Waals surface area (Å²) in [6.07, 6.45) is 4.61. The Labute approximate surface area is 142 Å². The van der Waals surface area contributed by atoms with E-state index in [1.165, 1.54) is 5.56 Å². The molecule has 0 aliphatic heterocycles. The number of aromatic nitrogens is 3. The summed E-state index contributed by atoms with van der Waals surface area (Å²) in [6, 6.07) is 14.3. The Morgan fingerprint density at radius 2 is 1.58 bits per heavy atom. The molecular weight excluding hydrogens is 298 g/mol. The maximum Gasteiger partial charge on any atom is 0.136 e. The van der Waals surface area contributed by atoms with Gasteiger partial charge in [-0.2, -0.15) is 0 Å². The summed E-state index contributed by atoms with van der Waals surface area (Å²) in [7, 11) is 0. The average molecular weight is 319 g/mol. The van der Waals surface area contributed by atoms with E-state index in [1.807, 2.05) is 25.1 Å². The maximum atomic E-state index is 4.45. The van der Waals surface area contributed by atoms with Crippen LogP contribution in [0.3, 0.4) is 0 Å². The molecule has 5 nitrogen and oxygen atoms in total. The van der Waals surface area contributed by atoms with Gasteiger partial charge in [0.1, 0.15) is 17.5 Å². The van der Waals surface area contributed by atoms with Gasteiger partial charge in [0.05, 0.1) is 0 Å². The van der Waals surface area contributed by atoms with Crippen LogP contribution in [0.5, 0.6) is 0 Å². The van der Waals surface area contributed by atoms with E-state index in [0.717, 1.165) is 35.1 Å². The lowest BCUT2D eigenvalue weighted by Gasteiger charge is -2.10. The number of hydrogen-bond donors (Lipinski definition) is 2. The van der Waals surface area contributed by atoms with Crippen LogP contribution >= 0.6 is 0 Å². The molecule has 1 aromatic carbocycles. The molecule has 2 aromatic heterocycles. The zero-order valence-corrected chi connectivity index (χ0v) is 14.0. The van der Waals surface area contributed by atoms with E-state index in [-0.39, 0.29) is 0 Å². The predicted octanol–water partition coefficient (Wildman–Crippen LogP) is 4.10. The van der Waals surface area contributed by atoms with Gasteiger partial charge in [-0.15, -0.1) is 0 Å². The molecule has 0 radical (unpaired) electrons. The summed E-state index contributed by atoms with van der Waals surface area (Å²) in [5.74, 6) is 2.30. The minimum Gasteiger partial charge on any atom is -0.366 e. The van der Waals surface area contributed by atoms with Gasteiger partial charge in [-0.25, -0.2) is 9.97 Å². The molecule has 2 heterocycles. The molecule has 0 saturated heterocycles. The first-order valence-corrected chi connectivity index (χ1v) is 8.07. The van der Waals surface area contributed by atoms with Crippen molar-refractivity contribution in [3.8, 4) is 0 Å². The minimum absolute atomic E-state index is 0.698. The van der Waals surface area contributed by atoms with Crippen LogP contribution in [0.15, 0.2) is 54.9 Å². The Morgan fingerprint density at radius 1 is 0.875 bits per heavy atom. The molecule has 0 aliphatic carbocycles. The number of hydrogen-bond acceptors (Lipinski definition) is 5. The first-order chi connectivity index (χ1) is 11.7. The highest BCUT2D eigenvalue weighted by Crippen LogP contribution is 2.18. The second kappa shape index (κ2) is 7.55. The molecule has 3 rings (SSSR count). The van der Waals surface area contributed by atoms with Gasteiger partial charge in [0.2, 0.25) is 0 Å². The minimum atomic E-state index is 0.698. The van der Waals surface area contributed by atoms with Gasteiger partial charge in [-0.1, -0.05) is 19.1 Å². The molecule has 24 heavy (non-hydrogen) atoms. The first kappa shape index (κ1) is 15.9. The predicted molar refractivity (Wildman–Crippen MR) is 97.4 cm³/mol. The third-order valence-corrected chi connectivity index (χ3v) is 3.70. The van der Waals surface area contributed by atoms with Crippen molar-refractivity contribution < 1.29 is 0 Å². The van der Waals surface area contributed by atoms with Crippen LogP contribution in [0.25, 0.3) is 0 Å². The van der Waals surface area contributed by atoms with Gasteiger partial charge in [-0.3, -0.25) is 4.98 Å². The number of pyridine rings is 1. The zero-order valence-electron chi connectivity index (χ0n) is 14.0. The van der Waals surface area contributed by atoms with E-state index in [9.17, 15) is 0 Å². The van der Waals surface area contributed by atoms with Crippen LogP contribution in [0.1, 0.15) is 23.9 Å². The normalized spacial score (nSPS) is 10.4. The lowest BCUT2D eigenvalue weighted by molar-refractivity contribution is 1.02. The van der Waals surface area contributed by atoms with Gasteiger partial charge < -0.3 is 10.6 Å². The molecule has 0 amide bonds. The topological polar surface area (TPSA) is 62.7 Å². The second-order valence-corrected chi connectivity index (χ2v) is 5.57. The molecule has 0 fully saturated rings. The fraction of sp³-hybridized carbons (Fsp3) is 0.211. The molecule has 0 saturated carbocycles. The van der Waals surface area contributed by atoms with Crippen LogP contribution < -0.4 is 10.6 Å². The summed E-state index contributed by atoms with van der Waals surface area (Å²) < 4.78 is 0. The van der Waals surface area contributed by atoms with Crippen molar-refractivity contribution in [2.75, 3.05) is 10.6 Å². The number of nitrogens with one attached hydrogen (secondary N) is 2. The SMILES string of the molecule is CCc1ccc(Nc2cc(NCc3ccncc3)nc(C)n2)cc1. The molecule has 2 N–H and O–H groups in total. The van der Waals surface area contributed by atoms with Crippen molar-refractivity contribution in [3.05, 3.63) is 71.8 Å². The third-order valence-electron chi connectivity index (χ3n) is 3.70. The van der Waals surface area contributed by atoms with Gasteiger partial charge in [0.25, 0.3) is 0 Å². The number of anilines is 3. The van der Waals surface area contributed by atoms with Crippen molar-refractivity contribution in [3.63, 3.8) is 0 Å². The average Bonchev–Trinajstić information content (AvgIpc) is 2.61. The smallest absolute Gasteiger partial charge is 0.136 e. The van der Waals surface area contributed by atoms with E-state index in [1.54, 1.807) is 12.4 Å². The van der Waals surface area contributed by atoms with Crippen LogP contribution in [-0.4, -0.2) is 15.0 Å². The van der Waals surface area contributed by atoms with Crippen LogP contribution in [0, 0.1) is 6.92 Å². The number of nitrogens with zero attached hydrogens (tertiary/aromatic N) is 3. The summed E-state index contributed by atoms with van der Waals surface area (Å²) in [5, 5.41) is 6.66. The highest BCUT2D eigenvalue weighted by Gasteiger charge is 2.03. The first-order valence-electron chi connectivity index (χ1n) is 8.07. The molecule has 0 atom stereocenters. The largest absolute Gasteiger partial charge is 0.366 e. The third kappa shape index (κ3) is 4.29. The fourth-order valence-corrected chi connectivity index (χ4v) is 2.39. The molecule has 5 heteroatoms. The van der Waals surface area contributed by atoms with Crippen molar-refractivity contribution in [1.29, 1.82) is 0 Å². The molecular formula is C19H21N5. The Morgan fingerprint density at radius 3 is 2.29 bits per heavy atom. The summed E-state index contributed by atoms with van der Waals surface area (Å²) >= 11 is 0. The lowest BCUT2D eigenvalue weighted by atomic mass is 10.1. The van der Waals surface area contributed by atoms with E-state index < -0.39 is 0 Å². The summed E-state index contributed by atoms with van der Waals surface area (Å²) in [5.41, 5.74) is 3.50. The Bertz CT molecular complexity index is 785. The quantitative estimate of drug-likeness (QED) is 0.716. The van der Waals surface area contributed by atoms with Gasteiger partial charge in [0.15, 0.2) is 0 Å². The van der Waals surface area contributed by atoms with Crippen molar-refractivity contribution >= 4 is 17.3 Å². The van der Waals surface area contributed by atoms with E-state index in [2.05, 4.69) is 56.8 Å². The molecule has 3 aromatic rings. The highest BCUT2D eigenvalue weighted by atomic mass is 15.1. The molecule has 122 valence electrons. The number of aryl methyl sites for hydroxylation is 2. The summed E-state index contributed by atoms with van der Waals surface area (Å²) in [6.45, 7) is 4.74. The van der Waals surface area contributed by atoms with Crippen molar-refractivity contribution in [1.82, 2.24) is 15.0 Å². The van der Waals surface area contributed by atoms with E-state index >= 15 is 0 Å². The van der Waals surface area contributed by atoms with Gasteiger partial charge in [0, 0.05) is 30.7 Å². The van der Waals surface area contributed by atoms with Crippen LogP contribution in [0.4, 0.5) is 17.3 Å².